The summed E-state index contributed by atoms with van der Waals surface area (Å²) in [5, 5.41) is 0. The molecule has 0 N–H and O–H groups in total. The Hall–Kier alpha value is -1.38. The van der Waals surface area contributed by atoms with Gasteiger partial charge in [0.2, 0.25) is 0 Å². The highest BCUT2D eigenvalue weighted by Gasteiger charge is 2.05. The lowest BCUT2D eigenvalue weighted by Gasteiger charge is -2.20. The van der Waals surface area contributed by atoms with Crippen molar-refractivity contribution < 1.29 is 9.47 Å². The van der Waals surface area contributed by atoms with Gasteiger partial charge in [-0.15, -0.1) is 0 Å². The van der Waals surface area contributed by atoms with Crippen LogP contribution in [0.3, 0.4) is 0 Å². The van der Waals surface area contributed by atoms with Gasteiger partial charge in [0, 0.05) is 37.5 Å². The fourth-order valence-electron chi connectivity index (χ4n) is 1.54. The van der Waals surface area contributed by atoms with Gasteiger partial charge < -0.3 is 14.4 Å². The van der Waals surface area contributed by atoms with Crippen molar-refractivity contribution >= 4 is 5.69 Å². The van der Waals surface area contributed by atoms with Gasteiger partial charge in [-0.25, -0.2) is 0 Å². The van der Waals surface area contributed by atoms with Crippen LogP contribution in [0.25, 0.3) is 0 Å². The van der Waals surface area contributed by atoms with Gasteiger partial charge in [-0.3, -0.25) is 0 Å². The van der Waals surface area contributed by atoms with Crippen LogP contribution in [-0.4, -0.2) is 27.8 Å². The molecule has 16 heavy (non-hydrogen) atoms. The molecule has 1 rings (SSSR count). The molecule has 0 spiro atoms. The highest BCUT2D eigenvalue weighted by molar-refractivity contribution is 5.55. The summed E-state index contributed by atoms with van der Waals surface area (Å²) in [5.41, 5.74) is 1.13. The number of ether oxygens (including phenoxy) is 2. The maximum Gasteiger partial charge on any atom is 0.124 e. The molecule has 1 aromatic carbocycles. The van der Waals surface area contributed by atoms with Crippen molar-refractivity contribution in [2.75, 3.05) is 32.7 Å². The summed E-state index contributed by atoms with van der Waals surface area (Å²) in [7, 11) is 5.43. The van der Waals surface area contributed by atoms with Crippen LogP contribution in [0.15, 0.2) is 18.2 Å². The van der Waals surface area contributed by atoms with Crippen molar-refractivity contribution in [2.24, 2.45) is 0 Å². The van der Waals surface area contributed by atoms with Crippen molar-refractivity contribution in [3.63, 3.8) is 0 Å². The van der Waals surface area contributed by atoms with Gasteiger partial charge in [0.05, 0.1) is 14.2 Å². The van der Waals surface area contributed by atoms with E-state index in [0.29, 0.717) is 0 Å². The summed E-state index contributed by atoms with van der Waals surface area (Å²) in [6, 6.07) is 5.94. The van der Waals surface area contributed by atoms with Crippen molar-refractivity contribution in [1.29, 1.82) is 0 Å². The maximum absolute atomic E-state index is 5.25. The van der Waals surface area contributed by atoms with Crippen LogP contribution in [0.5, 0.6) is 11.5 Å². The standard InChI is InChI=1S/C13H21NO2/c1-5-6-7-14(2)11-8-12(15-3)10-13(9-11)16-4/h8-10H,5-7H2,1-4H3. The van der Waals surface area contributed by atoms with Crippen molar-refractivity contribution in [3.8, 4) is 11.5 Å². The number of hydrogen-bond acceptors (Lipinski definition) is 3. The van der Waals surface area contributed by atoms with Crippen LogP contribution in [-0.2, 0) is 0 Å². The third-order valence-corrected chi connectivity index (χ3v) is 2.62. The second kappa shape index (κ2) is 6.26. The molecule has 0 unspecified atom stereocenters. The number of hydrogen-bond donors (Lipinski definition) is 0. The number of methoxy groups -OCH3 is 2. The van der Waals surface area contributed by atoms with Gasteiger partial charge >= 0.3 is 0 Å². The minimum Gasteiger partial charge on any atom is -0.497 e. The summed E-state index contributed by atoms with van der Waals surface area (Å²) in [6.07, 6.45) is 2.39. The van der Waals surface area contributed by atoms with E-state index in [1.807, 2.05) is 18.2 Å². The van der Waals surface area contributed by atoms with Crippen molar-refractivity contribution in [1.82, 2.24) is 0 Å². The minimum absolute atomic E-state index is 0.831. The van der Waals surface area contributed by atoms with E-state index in [0.717, 1.165) is 23.7 Å². The van der Waals surface area contributed by atoms with E-state index in [2.05, 4.69) is 18.9 Å². The van der Waals surface area contributed by atoms with Crippen LogP contribution in [0.1, 0.15) is 19.8 Å². The first-order valence-corrected chi connectivity index (χ1v) is 5.65. The minimum atomic E-state index is 0.831. The second-order valence-electron chi connectivity index (χ2n) is 3.85. The molecule has 0 aliphatic heterocycles. The topological polar surface area (TPSA) is 21.7 Å². The van der Waals surface area contributed by atoms with E-state index in [9.17, 15) is 0 Å². The lowest BCUT2D eigenvalue weighted by Crippen LogP contribution is -2.18. The first-order valence-electron chi connectivity index (χ1n) is 5.65. The zero-order valence-electron chi connectivity index (χ0n) is 10.6. The zero-order chi connectivity index (χ0) is 12.0. The summed E-state index contributed by atoms with van der Waals surface area (Å²) < 4.78 is 10.5. The van der Waals surface area contributed by atoms with E-state index in [4.69, 9.17) is 9.47 Å². The maximum atomic E-state index is 5.25. The molecule has 0 aromatic heterocycles. The SMILES string of the molecule is CCCCN(C)c1cc(OC)cc(OC)c1. The Morgan fingerprint density at radius 3 is 2.06 bits per heavy atom. The Labute approximate surface area is 98.0 Å². The monoisotopic (exact) mass is 223 g/mol. The summed E-state index contributed by atoms with van der Waals surface area (Å²) in [6.45, 7) is 3.24. The largest absolute Gasteiger partial charge is 0.497 e. The lowest BCUT2D eigenvalue weighted by atomic mass is 10.2. The third-order valence-electron chi connectivity index (χ3n) is 2.62. The molecule has 0 aliphatic rings. The fourth-order valence-corrected chi connectivity index (χ4v) is 1.54. The van der Waals surface area contributed by atoms with Crippen LogP contribution < -0.4 is 14.4 Å². The zero-order valence-corrected chi connectivity index (χ0v) is 10.6. The molecule has 90 valence electrons. The number of nitrogens with zero attached hydrogens (tertiary/aromatic N) is 1. The van der Waals surface area contributed by atoms with Crippen LogP contribution in [0.4, 0.5) is 5.69 Å². The Balaban J connectivity index is 2.85. The quantitative estimate of drug-likeness (QED) is 0.740. The Morgan fingerprint density at radius 1 is 1.06 bits per heavy atom. The summed E-state index contributed by atoms with van der Waals surface area (Å²) >= 11 is 0. The molecule has 0 amide bonds. The fraction of sp³-hybridized carbons (Fsp3) is 0.538. The van der Waals surface area contributed by atoms with Gasteiger partial charge in [-0.1, -0.05) is 13.3 Å². The van der Waals surface area contributed by atoms with E-state index in [1.54, 1.807) is 14.2 Å². The van der Waals surface area contributed by atoms with Gasteiger partial charge in [0.15, 0.2) is 0 Å². The molecular weight excluding hydrogens is 202 g/mol. The number of unbranched alkanes of at least 4 members (excludes halogenated alkanes) is 1. The number of anilines is 1. The molecule has 0 radical (unpaired) electrons. The lowest BCUT2D eigenvalue weighted by molar-refractivity contribution is 0.394. The Kier molecular flexibility index (Phi) is 4.96. The molecule has 0 atom stereocenters. The Bertz CT molecular complexity index is 303. The summed E-state index contributed by atoms with van der Waals surface area (Å²) in [4.78, 5) is 2.22. The van der Waals surface area contributed by atoms with E-state index >= 15 is 0 Å². The molecule has 0 bridgehead atoms. The van der Waals surface area contributed by atoms with Gasteiger partial charge in [0.1, 0.15) is 11.5 Å². The molecule has 0 saturated carbocycles. The average Bonchev–Trinajstić information content (AvgIpc) is 2.35. The molecule has 0 heterocycles. The van der Waals surface area contributed by atoms with E-state index in [1.165, 1.54) is 12.8 Å². The molecule has 0 aliphatic carbocycles. The highest BCUT2D eigenvalue weighted by Crippen LogP contribution is 2.27. The second-order valence-corrected chi connectivity index (χ2v) is 3.85. The molecule has 3 heteroatoms. The molecule has 0 fully saturated rings. The molecular formula is C13H21NO2. The van der Waals surface area contributed by atoms with Crippen molar-refractivity contribution in [2.45, 2.75) is 19.8 Å². The smallest absolute Gasteiger partial charge is 0.124 e. The Morgan fingerprint density at radius 2 is 1.62 bits per heavy atom. The van der Waals surface area contributed by atoms with Gasteiger partial charge in [-0.05, 0) is 6.42 Å². The molecule has 1 aromatic rings. The first-order chi connectivity index (χ1) is 7.71. The van der Waals surface area contributed by atoms with Crippen LogP contribution in [0, 0.1) is 0 Å². The predicted molar refractivity (Wildman–Crippen MR) is 67.7 cm³/mol. The van der Waals surface area contributed by atoms with Crippen LogP contribution >= 0.6 is 0 Å². The van der Waals surface area contributed by atoms with Gasteiger partial charge in [0.25, 0.3) is 0 Å². The molecule has 3 nitrogen and oxygen atoms in total. The first kappa shape index (κ1) is 12.7. The third kappa shape index (κ3) is 3.33. The highest BCUT2D eigenvalue weighted by atomic mass is 16.5. The van der Waals surface area contributed by atoms with Crippen molar-refractivity contribution in [3.05, 3.63) is 18.2 Å². The number of benzene rings is 1. The summed E-state index contributed by atoms with van der Waals surface area (Å²) in [5.74, 6) is 1.66. The van der Waals surface area contributed by atoms with E-state index < -0.39 is 0 Å². The predicted octanol–water partition coefficient (Wildman–Crippen LogP) is 2.94. The average molecular weight is 223 g/mol. The van der Waals surface area contributed by atoms with E-state index in [-0.39, 0.29) is 0 Å². The number of rotatable bonds is 6. The molecule has 0 saturated heterocycles. The van der Waals surface area contributed by atoms with Crippen LogP contribution in [0.2, 0.25) is 0 Å². The van der Waals surface area contributed by atoms with Gasteiger partial charge in [-0.2, -0.15) is 0 Å². The normalized spacial score (nSPS) is 10.0.